The zero-order valence-corrected chi connectivity index (χ0v) is 13.2. The summed E-state index contributed by atoms with van der Waals surface area (Å²) in [5.74, 6) is -0.848. The van der Waals surface area contributed by atoms with Crippen LogP contribution in [0, 0.1) is 12.7 Å². The lowest BCUT2D eigenvalue weighted by Crippen LogP contribution is -2.04. The molecule has 0 aliphatic rings. The lowest BCUT2D eigenvalue weighted by Gasteiger charge is -2.08. The number of ketones is 1. The van der Waals surface area contributed by atoms with Gasteiger partial charge in [-0.2, -0.15) is 0 Å². The second-order valence-corrected chi connectivity index (χ2v) is 5.86. The van der Waals surface area contributed by atoms with Gasteiger partial charge >= 0.3 is 0 Å². The van der Waals surface area contributed by atoms with Gasteiger partial charge in [0.05, 0.1) is 5.69 Å². The second kappa shape index (κ2) is 5.43. The summed E-state index contributed by atoms with van der Waals surface area (Å²) in [7, 11) is 0. The maximum atomic E-state index is 13.4. The molecule has 2 aromatic rings. The van der Waals surface area contributed by atoms with Gasteiger partial charge in [0, 0.05) is 20.1 Å². The third-order valence-electron chi connectivity index (χ3n) is 2.76. The largest absolute Gasteiger partial charge is 0.396 e. The summed E-state index contributed by atoms with van der Waals surface area (Å²) >= 11 is 6.73. The van der Waals surface area contributed by atoms with Crippen LogP contribution in [-0.2, 0) is 0 Å². The fraction of sp³-hybridized carbons (Fsp3) is 0.0714. The highest BCUT2D eigenvalue weighted by Crippen LogP contribution is 2.27. The average Bonchev–Trinajstić information content (AvgIpc) is 2.36. The molecule has 2 rings (SSSR count). The van der Waals surface area contributed by atoms with E-state index in [0.29, 0.717) is 10.0 Å². The van der Waals surface area contributed by atoms with Gasteiger partial charge in [-0.1, -0.05) is 31.9 Å². The van der Waals surface area contributed by atoms with E-state index in [2.05, 4.69) is 31.9 Å². The Morgan fingerprint density at radius 3 is 2.47 bits per heavy atom. The molecule has 0 aromatic heterocycles. The Bertz CT molecular complexity index is 671. The molecule has 2 nitrogen and oxygen atoms in total. The molecular weight excluding hydrogens is 377 g/mol. The van der Waals surface area contributed by atoms with Crippen molar-refractivity contribution < 1.29 is 9.18 Å². The maximum absolute atomic E-state index is 13.4. The first-order chi connectivity index (χ1) is 8.90. The SMILES string of the molecule is Cc1cc(Br)c(C(=O)c2ccc(N)c(F)c2)cc1Br. The van der Waals surface area contributed by atoms with Crippen LogP contribution in [0.25, 0.3) is 0 Å². The zero-order valence-electron chi connectivity index (χ0n) is 10.0. The van der Waals surface area contributed by atoms with Crippen molar-refractivity contribution in [3.05, 3.63) is 61.8 Å². The molecule has 0 saturated heterocycles. The van der Waals surface area contributed by atoms with Crippen LogP contribution in [0.15, 0.2) is 39.3 Å². The van der Waals surface area contributed by atoms with Crippen LogP contribution in [0.1, 0.15) is 21.5 Å². The van der Waals surface area contributed by atoms with E-state index in [-0.39, 0.29) is 17.0 Å². The Hall–Kier alpha value is -1.20. The van der Waals surface area contributed by atoms with Crippen LogP contribution < -0.4 is 5.73 Å². The number of hydrogen-bond donors (Lipinski definition) is 1. The standard InChI is InChI=1S/C14H10Br2FNO/c1-7-4-11(16)9(6-10(7)15)14(19)8-2-3-13(18)12(17)5-8/h2-6H,18H2,1H3. The monoisotopic (exact) mass is 385 g/mol. The molecule has 0 fully saturated rings. The van der Waals surface area contributed by atoms with E-state index in [1.54, 1.807) is 6.07 Å². The normalized spacial score (nSPS) is 10.5. The average molecular weight is 387 g/mol. The van der Waals surface area contributed by atoms with Crippen LogP contribution in [-0.4, -0.2) is 5.78 Å². The quantitative estimate of drug-likeness (QED) is 0.611. The zero-order chi connectivity index (χ0) is 14.2. The molecule has 0 spiro atoms. The van der Waals surface area contributed by atoms with Gasteiger partial charge < -0.3 is 5.73 Å². The predicted octanol–water partition coefficient (Wildman–Crippen LogP) is 4.47. The van der Waals surface area contributed by atoms with Crippen LogP contribution in [0.2, 0.25) is 0 Å². The summed E-state index contributed by atoms with van der Waals surface area (Å²) < 4.78 is 14.9. The lowest BCUT2D eigenvalue weighted by atomic mass is 10.0. The summed E-state index contributed by atoms with van der Waals surface area (Å²) in [5.41, 5.74) is 7.17. The number of hydrogen-bond acceptors (Lipinski definition) is 2. The van der Waals surface area contributed by atoms with Crippen molar-refractivity contribution in [3.8, 4) is 0 Å². The van der Waals surface area contributed by atoms with Crippen molar-refractivity contribution in [2.24, 2.45) is 0 Å². The number of rotatable bonds is 2. The summed E-state index contributed by atoms with van der Waals surface area (Å²) in [6, 6.07) is 7.61. The third kappa shape index (κ3) is 2.87. The highest BCUT2D eigenvalue weighted by atomic mass is 79.9. The number of nitrogen functional groups attached to an aromatic ring is 1. The molecule has 2 aromatic carbocycles. The van der Waals surface area contributed by atoms with Crippen molar-refractivity contribution in [1.29, 1.82) is 0 Å². The van der Waals surface area contributed by atoms with E-state index in [4.69, 9.17) is 5.73 Å². The topological polar surface area (TPSA) is 43.1 Å². The molecule has 0 heterocycles. The van der Waals surface area contributed by atoms with E-state index in [9.17, 15) is 9.18 Å². The number of anilines is 1. The van der Waals surface area contributed by atoms with E-state index < -0.39 is 5.82 Å². The summed E-state index contributed by atoms with van der Waals surface area (Å²) in [6.07, 6.45) is 0. The molecule has 0 unspecified atom stereocenters. The van der Waals surface area contributed by atoms with Crippen molar-refractivity contribution in [2.75, 3.05) is 5.73 Å². The fourth-order valence-corrected chi connectivity index (χ4v) is 2.63. The number of carbonyl (C=O) groups is 1. The molecule has 0 amide bonds. The number of benzene rings is 2. The Morgan fingerprint density at radius 2 is 1.84 bits per heavy atom. The van der Waals surface area contributed by atoms with Gasteiger partial charge in [0.2, 0.25) is 0 Å². The summed E-state index contributed by atoms with van der Waals surface area (Å²) in [6.45, 7) is 1.92. The third-order valence-corrected chi connectivity index (χ3v) is 4.27. The Morgan fingerprint density at radius 1 is 1.16 bits per heavy atom. The van der Waals surface area contributed by atoms with E-state index in [1.807, 2.05) is 13.0 Å². The summed E-state index contributed by atoms with van der Waals surface area (Å²) in [5, 5.41) is 0. The van der Waals surface area contributed by atoms with Crippen LogP contribution in [0.4, 0.5) is 10.1 Å². The first-order valence-electron chi connectivity index (χ1n) is 5.45. The second-order valence-electron chi connectivity index (χ2n) is 4.15. The minimum absolute atomic E-state index is 0.0284. The Labute approximate surface area is 127 Å². The highest BCUT2D eigenvalue weighted by Gasteiger charge is 2.15. The van der Waals surface area contributed by atoms with Crippen LogP contribution in [0.5, 0.6) is 0 Å². The minimum Gasteiger partial charge on any atom is -0.396 e. The molecule has 0 radical (unpaired) electrons. The van der Waals surface area contributed by atoms with E-state index >= 15 is 0 Å². The van der Waals surface area contributed by atoms with E-state index in [1.165, 1.54) is 12.1 Å². The number of halogens is 3. The molecule has 2 N–H and O–H groups in total. The molecule has 98 valence electrons. The van der Waals surface area contributed by atoms with Gasteiger partial charge in [0.25, 0.3) is 0 Å². The molecule has 5 heteroatoms. The smallest absolute Gasteiger partial charge is 0.194 e. The number of carbonyl (C=O) groups excluding carboxylic acids is 1. The number of nitrogens with two attached hydrogens (primary N) is 1. The van der Waals surface area contributed by atoms with Crippen molar-refractivity contribution in [2.45, 2.75) is 6.92 Å². The lowest BCUT2D eigenvalue weighted by molar-refractivity contribution is 0.103. The summed E-state index contributed by atoms with van der Waals surface area (Å²) in [4.78, 5) is 12.3. The molecule has 0 bridgehead atoms. The molecular formula is C14H10Br2FNO. The first-order valence-corrected chi connectivity index (χ1v) is 7.04. The van der Waals surface area contributed by atoms with Gasteiger partial charge in [-0.05, 0) is 42.8 Å². The highest BCUT2D eigenvalue weighted by molar-refractivity contribution is 9.11. The van der Waals surface area contributed by atoms with Crippen molar-refractivity contribution >= 4 is 43.3 Å². The molecule has 0 atom stereocenters. The van der Waals surface area contributed by atoms with Gasteiger partial charge in [0.1, 0.15) is 5.82 Å². The minimum atomic E-state index is -0.590. The van der Waals surface area contributed by atoms with Crippen molar-refractivity contribution in [3.63, 3.8) is 0 Å². The molecule has 0 aliphatic heterocycles. The number of aryl methyl sites for hydroxylation is 1. The molecule has 19 heavy (non-hydrogen) atoms. The Balaban J connectivity index is 2.49. The van der Waals surface area contributed by atoms with Gasteiger partial charge in [0.15, 0.2) is 5.78 Å². The van der Waals surface area contributed by atoms with Crippen LogP contribution in [0.3, 0.4) is 0 Å². The maximum Gasteiger partial charge on any atom is 0.194 e. The van der Waals surface area contributed by atoms with Gasteiger partial charge in [-0.15, -0.1) is 0 Å². The predicted molar refractivity (Wildman–Crippen MR) is 80.8 cm³/mol. The van der Waals surface area contributed by atoms with Gasteiger partial charge in [-0.25, -0.2) is 4.39 Å². The molecule has 0 aliphatic carbocycles. The molecule has 0 saturated carbocycles. The Kier molecular flexibility index (Phi) is 4.06. The fourth-order valence-electron chi connectivity index (χ4n) is 1.64. The first kappa shape index (κ1) is 14.2. The van der Waals surface area contributed by atoms with Crippen LogP contribution >= 0.6 is 31.9 Å². The van der Waals surface area contributed by atoms with E-state index in [0.717, 1.165) is 16.1 Å². The van der Waals surface area contributed by atoms with Gasteiger partial charge in [-0.3, -0.25) is 4.79 Å². The van der Waals surface area contributed by atoms with Crippen molar-refractivity contribution in [1.82, 2.24) is 0 Å².